The van der Waals surface area contributed by atoms with E-state index in [9.17, 15) is 9.90 Å². The standard InChI is InChI=1S/C21H26N2O2/c1-22(2)20-18(9-6-10-19(20)21(24)25)17-11-13-23(14-12-17)15-16-7-4-3-5-8-16/h3-10,17H,11-15H2,1-2H3,(H,24,25). The van der Waals surface area contributed by atoms with Gasteiger partial charge in [-0.1, -0.05) is 42.5 Å². The van der Waals surface area contributed by atoms with Crippen molar-refractivity contribution in [3.63, 3.8) is 0 Å². The number of rotatable bonds is 5. The number of likely N-dealkylation sites (tertiary alicyclic amines) is 1. The number of hydrogen-bond acceptors (Lipinski definition) is 3. The quantitative estimate of drug-likeness (QED) is 0.900. The lowest BCUT2D eigenvalue weighted by atomic mass is 9.86. The fourth-order valence-electron chi connectivity index (χ4n) is 3.81. The second kappa shape index (κ2) is 7.70. The van der Waals surface area contributed by atoms with E-state index in [0.29, 0.717) is 11.5 Å². The van der Waals surface area contributed by atoms with E-state index in [0.717, 1.165) is 38.2 Å². The van der Waals surface area contributed by atoms with Gasteiger partial charge >= 0.3 is 5.97 Å². The third kappa shape index (κ3) is 4.02. The van der Waals surface area contributed by atoms with E-state index in [1.165, 1.54) is 11.1 Å². The number of hydrogen-bond donors (Lipinski definition) is 1. The molecule has 3 rings (SSSR count). The summed E-state index contributed by atoms with van der Waals surface area (Å²) in [6, 6.07) is 16.2. The van der Waals surface area contributed by atoms with E-state index < -0.39 is 5.97 Å². The molecular formula is C21H26N2O2. The number of para-hydroxylation sites is 1. The van der Waals surface area contributed by atoms with Crippen molar-refractivity contribution in [2.24, 2.45) is 0 Å². The third-order valence-corrected chi connectivity index (χ3v) is 5.02. The number of carbonyl (C=O) groups is 1. The molecule has 1 fully saturated rings. The molecule has 0 aromatic heterocycles. The number of nitrogens with zero attached hydrogens (tertiary/aromatic N) is 2. The van der Waals surface area contributed by atoms with Crippen molar-refractivity contribution in [2.75, 3.05) is 32.1 Å². The minimum Gasteiger partial charge on any atom is -0.478 e. The Morgan fingerprint density at radius 3 is 2.36 bits per heavy atom. The highest BCUT2D eigenvalue weighted by Gasteiger charge is 2.25. The molecule has 0 bridgehead atoms. The first-order valence-electron chi connectivity index (χ1n) is 8.86. The zero-order valence-electron chi connectivity index (χ0n) is 15.0. The molecule has 132 valence electrons. The lowest BCUT2D eigenvalue weighted by molar-refractivity contribution is 0.0697. The van der Waals surface area contributed by atoms with Gasteiger partial charge in [0.25, 0.3) is 0 Å². The van der Waals surface area contributed by atoms with Crippen molar-refractivity contribution in [1.82, 2.24) is 4.90 Å². The summed E-state index contributed by atoms with van der Waals surface area (Å²) >= 11 is 0. The minimum atomic E-state index is -0.855. The van der Waals surface area contributed by atoms with Crippen LogP contribution in [0.3, 0.4) is 0 Å². The molecule has 1 heterocycles. The van der Waals surface area contributed by atoms with Crippen LogP contribution in [0, 0.1) is 0 Å². The molecule has 0 radical (unpaired) electrons. The maximum atomic E-state index is 11.6. The highest BCUT2D eigenvalue weighted by molar-refractivity contribution is 5.95. The van der Waals surface area contributed by atoms with Gasteiger partial charge in [0.2, 0.25) is 0 Å². The Hall–Kier alpha value is -2.33. The first kappa shape index (κ1) is 17.5. The van der Waals surface area contributed by atoms with E-state index >= 15 is 0 Å². The van der Waals surface area contributed by atoms with Crippen molar-refractivity contribution < 1.29 is 9.90 Å². The Balaban J connectivity index is 1.73. The third-order valence-electron chi connectivity index (χ3n) is 5.02. The number of carboxylic acid groups (broad SMARTS) is 1. The van der Waals surface area contributed by atoms with Crippen LogP contribution < -0.4 is 4.90 Å². The lowest BCUT2D eigenvalue weighted by Crippen LogP contribution is -2.33. The highest BCUT2D eigenvalue weighted by atomic mass is 16.4. The molecule has 4 heteroatoms. The van der Waals surface area contributed by atoms with Crippen molar-refractivity contribution in [3.05, 3.63) is 65.2 Å². The molecular weight excluding hydrogens is 312 g/mol. The molecule has 0 saturated carbocycles. The zero-order chi connectivity index (χ0) is 17.8. The summed E-state index contributed by atoms with van der Waals surface area (Å²) in [6.45, 7) is 3.08. The number of carboxylic acids is 1. The van der Waals surface area contributed by atoms with Gasteiger partial charge in [-0.25, -0.2) is 4.79 Å². The summed E-state index contributed by atoms with van der Waals surface area (Å²) in [5.41, 5.74) is 3.78. The summed E-state index contributed by atoms with van der Waals surface area (Å²) in [5.74, 6) is -0.434. The number of anilines is 1. The fraction of sp³-hybridized carbons (Fsp3) is 0.381. The van der Waals surface area contributed by atoms with Gasteiger partial charge in [-0.05, 0) is 49.0 Å². The highest BCUT2D eigenvalue weighted by Crippen LogP contribution is 2.36. The Bertz CT molecular complexity index is 720. The van der Waals surface area contributed by atoms with Gasteiger partial charge < -0.3 is 10.0 Å². The molecule has 0 spiro atoms. The maximum Gasteiger partial charge on any atom is 0.337 e. The molecule has 2 aromatic carbocycles. The van der Waals surface area contributed by atoms with Gasteiger partial charge in [0.05, 0.1) is 11.3 Å². The van der Waals surface area contributed by atoms with Crippen LogP contribution in [-0.2, 0) is 6.54 Å². The average Bonchev–Trinajstić information content (AvgIpc) is 2.62. The molecule has 0 unspecified atom stereocenters. The van der Waals surface area contributed by atoms with Gasteiger partial charge in [-0.2, -0.15) is 0 Å². The first-order valence-corrected chi connectivity index (χ1v) is 8.86. The van der Waals surface area contributed by atoms with Crippen molar-refractivity contribution in [2.45, 2.75) is 25.3 Å². The summed E-state index contributed by atoms with van der Waals surface area (Å²) in [7, 11) is 3.85. The molecule has 0 aliphatic carbocycles. The van der Waals surface area contributed by atoms with Crippen LogP contribution in [0.5, 0.6) is 0 Å². The zero-order valence-corrected chi connectivity index (χ0v) is 15.0. The number of aromatic carboxylic acids is 1. The van der Waals surface area contributed by atoms with E-state index in [2.05, 4.69) is 35.2 Å². The molecule has 0 amide bonds. The van der Waals surface area contributed by atoms with Gasteiger partial charge in [0.1, 0.15) is 0 Å². The average molecular weight is 338 g/mol. The van der Waals surface area contributed by atoms with Crippen LogP contribution in [-0.4, -0.2) is 43.2 Å². The number of piperidine rings is 1. The molecule has 1 N–H and O–H groups in total. The topological polar surface area (TPSA) is 43.8 Å². The van der Waals surface area contributed by atoms with Gasteiger partial charge in [-0.15, -0.1) is 0 Å². The summed E-state index contributed by atoms with van der Waals surface area (Å²) in [6.07, 6.45) is 2.13. The largest absolute Gasteiger partial charge is 0.478 e. The fourth-order valence-corrected chi connectivity index (χ4v) is 3.81. The smallest absolute Gasteiger partial charge is 0.337 e. The van der Waals surface area contributed by atoms with Crippen LogP contribution in [0.2, 0.25) is 0 Å². The predicted octanol–water partition coefficient (Wildman–Crippen LogP) is 3.83. The van der Waals surface area contributed by atoms with Crippen LogP contribution >= 0.6 is 0 Å². The van der Waals surface area contributed by atoms with E-state index in [1.54, 1.807) is 6.07 Å². The Morgan fingerprint density at radius 2 is 1.76 bits per heavy atom. The lowest BCUT2D eigenvalue weighted by Gasteiger charge is -2.34. The van der Waals surface area contributed by atoms with Crippen molar-refractivity contribution in [3.8, 4) is 0 Å². The molecule has 0 atom stereocenters. The number of benzene rings is 2. The SMILES string of the molecule is CN(C)c1c(C(=O)O)cccc1C1CCN(Cc2ccccc2)CC1. The van der Waals surface area contributed by atoms with Crippen LogP contribution in [0.4, 0.5) is 5.69 Å². The van der Waals surface area contributed by atoms with Crippen LogP contribution in [0.1, 0.15) is 40.2 Å². The van der Waals surface area contributed by atoms with E-state index in [4.69, 9.17) is 0 Å². The summed E-state index contributed by atoms with van der Waals surface area (Å²) in [5, 5.41) is 9.51. The van der Waals surface area contributed by atoms with Gasteiger partial charge in [0.15, 0.2) is 0 Å². The van der Waals surface area contributed by atoms with E-state index in [1.807, 2.05) is 31.1 Å². The summed E-state index contributed by atoms with van der Waals surface area (Å²) < 4.78 is 0. The van der Waals surface area contributed by atoms with Gasteiger partial charge in [-0.3, -0.25) is 4.90 Å². The Labute approximate surface area is 149 Å². The monoisotopic (exact) mass is 338 g/mol. The minimum absolute atomic E-state index is 0.397. The maximum absolute atomic E-state index is 11.6. The first-order chi connectivity index (χ1) is 12.1. The second-order valence-corrected chi connectivity index (χ2v) is 6.98. The molecule has 25 heavy (non-hydrogen) atoms. The van der Waals surface area contributed by atoms with E-state index in [-0.39, 0.29) is 0 Å². The molecule has 2 aromatic rings. The van der Waals surface area contributed by atoms with Crippen molar-refractivity contribution >= 4 is 11.7 Å². The molecule has 1 aliphatic heterocycles. The van der Waals surface area contributed by atoms with Crippen molar-refractivity contribution in [1.29, 1.82) is 0 Å². The van der Waals surface area contributed by atoms with Gasteiger partial charge in [0, 0.05) is 20.6 Å². The Morgan fingerprint density at radius 1 is 1.08 bits per heavy atom. The molecule has 4 nitrogen and oxygen atoms in total. The molecule has 1 aliphatic rings. The van der Waals surface area contributed by atoms with Crippen LogP contribution in [0.25, 0.3) is 0 Å². The summed E-state index contributed by atoms with van der Waals surface area (Å²) in [4.78, 5) is 16.0. The second-order valence-electron chi connectivity index (χ2n) is 6.98. The Kier molecular flexibility index (Phi) is 5.39. The normalized spacial score (nSPS) is 15.9. The molecule has 1 saturated heterocycles. The predicted molar refractivity (Wildman–Crippen MR) is 101 cm³/mol. The van der Waals surface area contributed by atoms with Crippen LogP contribution in [0.15, 0.2) is 48.5 Å².